The number of β-amino-alcohol motifs (C(OH)–C–C–N with tert-alkyl or cyclic N) is 1. The van der Waals surface area contributed by atoms with Crippen molar-refractivity contribution in [1.82, 2.24) is 4.90 Å². The molecule has 0 spiro atoms. The monoisotopic (exact) mass is 281 g/mol. The summed E-state index contributed by atoms with van der Waals surface area (Å²) < 4.78 is 13.8. The smallest absolute Gasteiger partial charge is 0.129 e. The van der Waals surface area contributed by atoms with Crippen LogP contribution in [0.15, 0.2) is 18.2 Å². The summed E-state index contributed by atoms with van der Waals surface area (Å²) in [5.41, 5.74) is 6.26. The first-order chi connectivity index (χ1) is 9.39. The quantitative estimate of drug-likeness (QED) is 0.870. The van der Waals surface area contributed by atoms with E-state index in [9.17, 15) is 9.50 Å². The molecule has 0 atom stereocenters. The van der Waals surface area contributed by atoms with Crippen molar-refractivity contribution in [2.45, 2.75) is 26.0 Å². The Morgan fingerprint density at radius 3 is 2.40 bits per heavy atom. The second-order valence-corrected chi connectivity index (χ2v) is 6.06. The van der Waals surface area contributed by atoms with Crippen molar-refractivity contribution in [1.29, 1.82) is 0 Å². The Morgan fingerprint density at radius 2 is 1.90 bits per heavy atom. The molecule has 1 heterocycles. The first kappa shape index (κ1) is 15.2. The molecular weight excluding hydrogens is 257 g/mol. The van der Waals surface area contributed by atoms with Crippen molar-refractivity contribution in [3.63, 3.8) is 0 Å². The van der Waals surface area contributed by atoms with Crippen LogP contribution in [0.4, 0.5) is 10.1 Å². The predicted molar refractivity (Wildman–Crippen MR) is 79.2 cm³/mol. The zero-order valence-electron chi connectivity index (χ0n) is 12.3. The summed E-state index contributed by atoms with van der Waals surface area (Å²) in [5.74, 6) is -0.232. The van der Waals surface area contributed by atoms with Crippen LogP contribution in [0.2, 0.25) is 0 Å². The van der Waals surface area contributed by atoms with E-state index >= 15 is 0 Å². The predicted octanol–water partition coefficient (Wildman–Crippen LogP) is 1.18. The van der Waals surface area contributed by atoms with Crippen molar-refractivity contribution in [3.8, 4) is 0 Å². The molecular formula is C15H24FN3O. The molecule has 112 valence electrons. The van der Waals surface area contributed by atoms with Gasteiger partial charge in [0.15, 0.2) is 0 Å². The maximum atomic E-state index is 13.8. The van der Waals surface area contributed by atoms with Crippen LogP contribution >= 0.6 is 0 Å². The van der Waals surface area contributed by atoms with Crippen LogP contribution in [0.25, 0.3) is 0 Å². The van der Waals surface area contributed by atoms with Gasteiger partial charge in [0.25, 0.3) is 0 Å². The number of rotatable bonds is 4. The largest absolute Gasteiger partial charge is 0.389 e. The minimum Gasteiger partial charge on any atom is -0.389 e. The van der Waals surface area contributed by atoms with Crippen molar-refractivity contribution in [2.75, 3.05) is 37.6 Å². The number of anilines is 1. The molecule has 3 N–H and O–H groups in total. The van der Waals surface area contributed by atoms with Crippen molar-refractivity contribution >= 4 is 5.69 Å². The van der Waals surface area contributed by atoms with Crippen LogP contribution in [0.1, 0.15) is 19.4 Å². The molecule has 0 aliphatic carbocycles. The molecule has 1 aliphatic heterocycles. The summed E-state index contributed by atoms with van der Waals surface area (Å²) >= 11 is 0. The molecule has 5 heteroatoms. The van der Waals surface area contributed by atoms with Crippen LogP contribution in [-0.4, -0.2) is 48.3 Å². The van der Waals surface area contributed by atoms with Gasteiger partial charge in [-0.3, -0.25) is 4.90 Å². The van der Waals surface area contributed by atoms with Gasteiger partial charge in [0.1, 0.15) is 5.82 Å². The summed E-state index contributed by atoms with van der Waals surface area (Å²) in [5, 5.41) is 9.83. The third-order valence-corrected chi connectivity index (χ3v) is 3.60. The van der Waals surface area contributed by atoms with Crippen molar-refractivity contribution in [3.05, 3.63) is 29.6 Å². The van der Waals surface area contributed by atoms with Gasteiger partial charge in [-0.2, -0.15) is 0 Å². The van der Waals surface area contributed by atoms with Crippen molar-refractivity contribution in [2.24, 2.45) is 5.73 Å². The first-order valence-electron chi connectivity index (χ1n) is 7.07. The van der Waals surface area contributed by atoms with E-state index in [-0.39, 0.29) is 12.4 Å². The number of hydrogen-bond acceptors (Lipinski definition) is 4. The second kappa shape index (κ2) is 6.08. The van der Waals surface area contributed by atoms with Crippen LogP contribution in [0, 0.1) is 5.82 Å². The van der Waals surface area contributed by atoms with Crippen LogP contribution < -0.4 is 10.6 Å². The standard InChI is InChI=1S/C15H24FN3O/c1-15(2,20)11-18-5-7-19(8-6-18)13-4-3-12(10-17)14(16)9-13/h3-4,9,20H,5-8,10-11,17H2,1-2H3. The Bertz CT molecular complexity index is 451. The summed E-state index contributed by atoms with van der Waals surface area (Å²) in [7, 11) is 0. The molecule has 4 nitrogen and oxygen atoms in total. The minimum absolute atomic E-state index is 0.228. The average Bonchev–Trinajstić information content (AvgIpc) is 2.37. The first-order valence-corrected chi connectivity index (χ1v) is 7.07. The van der Waals surface area contributed by atoms with Crippen molar-refractivity contribution < 1.29 is 9.50 Å². The Morgan fingerprint density at radius 1 is 1.25 bits per heavy atom. The highest BCUT2D eigenvalue weighted by atomic mass is 19.1. The number of nitrogens with two attached hydrogens (primary N) is 1. The summed E-state index contributed by atoms with van der Waals surface area (Å²) in [6.07, 6.45) is 0. The lowest BCUT2D eigenvalue weighted by molar-refractivity contribution is 0.0345. The molecule has 2 rings (SSSR count). The van der Waals surface area contributed by atoms with Gasteiger partial charge in [0.2, 0.25) is 0 Å². The Kier molecular flexibility index (Phi) is 4.62. The number of benzene rings is 1. The number of aliphatic hydroxyl groups is 1. The number of hydrogen-bond donors (Lipinski definition) is 2. The second-order valence-electron chi connectivity index (χ2n) is 6.06. The van der Waals surface area contributed by atoms with E-state index in [4.69, 9.17) is 5.73 Å². The lowest BCUT2D eigenvalue weighted by Crippen LogP contribution is -2.50. The zero-order chi connectivity index (χ0) is 14.8. The van der Waals surface area contributed by atoms with Crippen LogP contribution in [-0.2, 0) is 6.54 Å². The number of halogens is 1. The Labute approximate surface area is 120 Å². The molecule has 0 bridgehead atoms. The lowest BCUT2D eigenvalue weighted by Gasteiger charge is -2.38. The van der Waals surface area contributed by atoms with E-state index in [2.05, 4.69) is 9.80 Å². The molecule has 0 unspecified atom stereocenters. The molecule has 1 aromatic carbocycles. The summed E-state index contributed by atoms with van der Waals surface area (Å²) in [6, 6.07) is 5.25. The average molecular weight is 281 g/mol. The number of piperazine rings is 1. The summed E-state index contributed by atoms with van der Waals surface area (Å²) in [4.78, 5) is 4.41. The fraction of sp³-hybridized carbons (Fsp3) is 0.600. The SMILES string of the molecule is CC(C)(O)CN1CCN(c2ccc(CN)c(F)c2)CC1. The molecule has 0 saturated carbocycles. The van der Waals surface area contributed by atoms with Crippen LogP contribution in [0.5, 0.6) is 0 Å². The molecule has 0 aromatic heterocycles. The van der Waals surface area contributed by atoms with E-state index in [0.29, 0.717) is 12.1 Å². The molecule has 1 saturated heterocycles. The zero-order valence-corrected chi connectivity index (χ0v) is 12.3. The molecule has 0 radical (unpaired) electrons. The van der Waals surface area contributed by atoms with E-state index in [1.165, 1.54) is 0 Å². The van der Waals surface area contributed by atoms with Gasteiger partial charge < -0.3 is 15.7 Å². The molecule has 20 heavy (non-hydrogen) atoms. The van der Waals surface area contributed by atoms with Gasteiger partial charge in [-0.25, -0.2) is 4.39 Å². The molecule has 1 aliphatic rings. The molecule has 1 aromatic rings. The highest BCUT2D eigenvalue weighted by molar-refractivity contribution is 5.48. The highest BCUT2D eigenvalue weighted by Gasteiger charge is 2.23. The van der Waals surface area contributed by atoms with Crippen LogP contribution in [0.3, 0.4) is 0 Å². The summed E-state index contributed by atoms with van der Waals surface area (Å²) in [6.45, 7) is 7.98. The van der Waals surface area contributed by atoms with E-state index < -0.39 is 5.60 Å². The van der Waals surface area contributed by atoms with Gasteiger partial charge in [0, 0.05) is 50.5 Å². The Hall–Kier alpha value is -1.17. The fourth-order valence-electron chi connectivity index (χ4n) is 2.61. The minimum atomic E-state index is -0.670. The third-order valence-electron chi connectivity index (χ3n) is 3.60. The van der Waals surface area contributed by atoms with E-state index in [1.54, 1.807) is 12.1 Å². The van der Waals surface area contributed by atoms with Gasteiger partial charge in [-0.05, 0) is 26.0 Å². The molecule has 1 fully saturated rings. The lowest BCUT2D eigenvalue weighted by atomic mass is 10.1. The highest BCUT2D eigenvalue weighted by Crippen LogP contribution is 2.20. The Balaban J connectivity index is 1.95. The molecule has 0 amide bonds. The maximum absolute atomic E-state index is 13.8. The van der Waals surface area contributed by atoms with E-state index in [0.717, 1.165) is 31.9 Å². The van der Waals surface area contributed by atoms with Gasteiger partial charge in [0.05, 0.1) is 5.60 Å². The van der Waals surface area contributed by atoms with Gasteiger partial charge >= 0.3 is 0 Å². The maximum Gasteiger partial charge on any atom is 0.129 e. The third kappa shape index (κ3) is 3.91. The van der Waals surface area contributed by atoms with E-state index in [1.807, 2.05) is 19.9 Å². The number of nitrogens with zero attached hydrogens (tertiary/aromatic N) is 2. The fourth-order valence-corrected chi connectivity index (χ4v) is 2.61. The topological polar surface area (TPSA) is 52.7 Å². The van der Waals surface area contributed by atoms with Gasteiger partial charge in [-0.1, -0.05) is 6.07 Å². The normalized spacial score (nSPS) is 17.6. The van der Waals surface area contributed by atoms with Gasteiger partial charge in [-0.15, -0.1) is 0 Å².